The Morgan fingerprint density at radius 2 is 2.15 bits per heavy atom. The summed E-state index contributed by atoms with van der Waals surface area (Å²) in [6.07, 6.45) is -0.628. The molecule has 1 amide bonds. The van der Waals surface area contributed by atoms with E-state index >= 15 is 0 Å². The van der Waals surface area contributed by atoms with Gasteiger partial charge in [-0.3, -0.25) is 0 Å². The summed E-state index contributed by atoms with van der Waals surface area (Å²) in [6, 6.07) is 0. The number of hydrogen-bond acceptors (Lipinski definition) is 2. The van der Waals surface area contributed by atoms with Gasteiger partial charge in [0.1, 0.15) is 11.8 Å². The van der Waals surface area contributed by atoms with Gasteiger partial charge in [0, 0.05) is 12.5 Å². The van der Waals surface area contributed by atoms with Crippen LogP contribution < -0.4 is 5.32 Å². The number of halogens is 1. The third-order valence-electron chi connectivity index (χ3n) is 1.74. The molecule has 3 nitrogen and oxygen atoms in total. The summed E-state index contributed by atoms with van der Waals surface area (Å²) in [5, 5.41) is 2.53. The Hall–Kier alpha value is -0.800. The van der Waals surface area contributed by atoms with Crippen LogP contribution in [0.15, 0.2) is 0 Å². The predicted molar refractivity (Wildman–Crippen MR) is 47.2 cm³/mol. The van der Waals surface area contributed by atoms with Crippen LogP contribution in [0.25, 0.3) is 0 Å². The van der Waals surface area contributed by atoms with E-state index in [2.05, 4.69) is 5.32 Å². The second-order valence-electron chi connectivity index (χ2n) is 4.39. The number of carbonyl (C=O) groups is 1. The number of ether oxygens (including phenoxy) is 1. The molecule has 0 saturated heterocycles. The summed E-state index contributed by atoms with van der Waals surface area (Å²) >= 11 is 0. The van der Waals surface area contributed by atoms with Gasteiger partial charge in [0.15, 0.2) is 0 Å². The summed E-state index contributed by atoms with van der Waals surface area (Å²) < 4.78 is 17.4. The van der Waals surface area contributed by atoms with Crippen molar-refractivity contribution in [3.8, 4) is 0 Å². The molecule has 13 heavy (non-hydrogen) atoms. The van der Waals surface area contributed by atoms with E-state index in [0.717, 1.165) is 0 Å². The molecule has 0 heterocycles. The summed E-state index contributed by atoms with van der Waals surface area (Å²) in [5.41, 5.74) is -0.483. The van der Waals surface area contributed by atoms with Crippen molar-refractivity contribution in [2.75, 3.05) is 6.54 Å². The van der Waals surface area contributed by atoms with Crippen molar-refractivity contribution >= 4 is 6.09 Å². The molecule has 2 unspecified atom stereocenters. The van der Waals surface area contributed by atoms with E-state index in [1.165, 1.54) is 0 Å². The fourth-order valence-electron chi connectivity index (χ4n) is 0.950. The molecule has 4 heteroatoms. The van der Waals surface area contributed by atoms with Gasteiger partial charge in [-0.25, -0.2) is 9.18 Å². The van der Waals surface area contributed by atoms with E-state index < -0.39 is 17.9 Å². The highest BCUT2D eigenvalue weighted by Crippen LogP contribution is 2.32. The summed E-state index contributed by atoms with van der Waals surface area (Å²) in [5.74, 6) is 0.00696. The highest BCUT2D eigenvalue weighted by Gasteiger charge is 2.37. The Labute approximate surface area is 77.6 Å². The smallest absolute Gasteiger partial charge is 0.407 e. The molecule has 0 aromatic carbocycles. The van der Waals surface area contributed by atoms with Gasteiger partial charge in [0.05, 0.1) is 0 Å². The van der Waals surface area contributed by atoms with Crippen LogP contribution in [0.5, 0.6) is 0 Å². The number of amides is 1. The van der Waals surface area contributed by atoms with Gasteiger partial charge in [0.2, 0.25) is 0 Å². The molecular weight excluding hydrogens is 173 g/mol. The zero-order valence-corrected chi connectivity index (χ0v) is 8.26. The van der Waals surface area contributed by atoms with Crippen molar-refractivity contribution in [3.63, 3.8) is 0 Å². The zero-order chi connectivity index (χ0) is 10.1. The highest BCUT2D eigenvalue weighted by molar-refractivity contribution is 5.67. The van der Waals surface area contributed by atoms with Gasteiger partial charge in [0.25, 0.3) is 0 Å². The third kappa shape index (κ3) is 4.10. The Kier molecular flexibility index (Phi) is 2.78. The fourth-order valence-corrected chi connectivity index (χ4v) is 0.950. The Morgan fingerprint density at radius 1 is 1.62 bits per heavy atom. The minimum atomic E-state index is -0.727. The van der Waals surface area contributed by atoms with Crippen molar-refractivity contribution in [1.29, 1.82) is 0 Å². The van der Waals surface area contributed by atoms with Crippen molar-refractivity contribution in [2.45, 2.75) is 39.0 Å². The highest BCUT2D eigenvalue weighted by atomic mass is 19.1. The van der Waals surface area contributed by atoms with Gasteiger partial charge >= 0.3 is 6.09 Å². The SMILES string of the molecule is CC(C)(C)OC(=O)NCC1CC1F. The predicted octanol–water partition coefficient (Wildman–Crippen LogP) is 1.87. The van der Waals surface area contributed by atoms with Crippen LogP contribution in [0.4, 0.5) is 9.18 Å². The van der Waals surface area contributed by atoms with Crippen molar-refractivity contribution in [3.05, 3.63) is 0 Å². The van der Waals surface area contributed by atoms with E-state index in [9.17, 15) is 9.18 Å². The summed E-state index contributed by atoms with van der Waals surface area (Å²) in [7, 11) is 0. The van der Waals surface area contributed by atoms with Crippen molar-refractivity contribution < 1.29 is 13.9 Å². The first-order valence-corrected chi connectivity index (χ1v) is 4.49. The maximum Gasteiger partial charge on any atom is 0.407 e. The quantitative estimate of drug-likeness (QED) is 0.720. The molecule has 0 aromatic heterocycles. The van der Waals surface area contributed by atoms with E-state index in [1.54, 1.807) is 20.8 Å². The van der Waals surface area contributed by atoms with E-state index in [-0.39, 0.29) is 5.92 Å². The molecule has 0 aliphatic heterocycles. The van der Waals surface area contributed by atoms with Gasteiger partial charge in [-0.05, 0) is 27.2 Å². The molecular formula is C9H16FNO2. The number of alkyl halides is 1. The van der Waals surface area contributed by atoms with Crippen LogP contribution in [0.3, 0.4) is 0 Å². The Bertz CT molecular complexity index is 200. The number of carbonyl (C=O) groups excluding carboxylic acids is 1. The zero-order valence-electron chi connectivity index (χ0n) is 8.26. The molecule has 76 valence electrons. The molecule has 0 spiro atoms. The molecule has 1 saturated carbocycles. The largest absolute Gasteiger partial charge is 0.444 e. The molecule has 1 rings (SSSR count). The average molecular weight is 189 g/mol. The number of nitrogens with one attached hydrogen (secondary N) is 1. The molecule has 0 aromatic rings. The third-order valence-corrected chi connectivity index (χ3v) is 1.74. The monoisotopic (exact) mass is 189 g/mol. The summed E-state index contributed by atoms with van der Waals surface area (Å²) in [4.78, 5) is 11.0. The molecule has 1 N–H and O–H groups in total. The van der Waals surface area contributed by atoms with E-state index in [1.807, 2.05) is 0 Å². The van der Waals surface area contributed by atoms with Gasteiger partial charge in [-0.15, -0.1) is 0 Å². The normalized spacial score (nSPS) is 26.8. The maximum atomic E-state index is 12.4. The molecule has 0 radical (unpaired) electrons. The number of hydrogen-bond donors (Lipinski definition) is 1. The molecule has 0 bridgehead atoms. The van der Waals surface area contributed by atoms with Gasteiger partial charge in [-0.1, -0.05) is 0 Å². The first kappa shape index (κ1) is 10.3. The topological polar surface area (TPSA) is 38.3 Å². The molecule has 2 atom stereocenters. The standard InChI is InChI=1S/C9H16FNO2/c1-9(2,3)13-8(12)11-5-6-4-7(6)10/h6-7H,4-5H2,1-3H3,(H,11,12). The molecule has 1 fully saturated rings. The van der Waals surface area contributed by atoms with E-state index in [0.29, 0.717) is 13.0 Å². The molecule has 1 aliphatic carbocycles. The fraction of sp³-hybridized carbons (Fsp3) is 0.889. The number of rotatable bonds is 2. The van der Waals surface area contributed by atoms with Crippen LogP contribution in [0.1, 0.15) is 27.2 Å². The minimum absolute atomic E-state index is 0.00696. The van der Waals surface area contributed by atoms with Crippen molar-refractivity contribution in [1.82, 2.24) is 5.32 Å². The van der Waals surface area contributed by atoms with Gasteiger partial charge < -0.3 is 10.1 Å². The second kappa shape index (κ2) is 3.52. The lowest BCUT2D eigenvalue weighted by atomic mass is 10.2. The lowest BCUT2D eigenvalue weighted by Crippen LogP contribution is -2.33. The van der Waals surface area contributed by atoms with Crippen molar-refractivity contribution in [2.24, 2.45) is 5.92 Å². The van der Waals surface area contributed by atoms with Crippen LogP contribution in [0.2, 0.25) is 0 Å². The lowest BCUT2D eigenvalue weighted by molar-refractivity contribution is 0.0524. The first-order valence-electron chi connectivity index (χ1n) is 4.49. The lowest BCUT2D eigenvalue weighted by Gasteiger charge is -2.19. The Morgan fingerprint density at radius 3 is 2.54 bits per heavy atom. The van der Waals surface area contributed by atoms with Crippen LogP contribution >= 0.6 is 0 Å². The average Bonchev–Trinajstić information content (AvgIpc) is 2.58. The first-order chi connectivity index (χ1) is 5.88. The number of alkyl carbamates (subject to hydrolysis) is 1. The van der Waals surface area contributed by atoms with Crippen LogP contribution in [-0.2, 0) is 4.74 Å². The van der Waals surface area contributed by atoms with E-state index in [4.69, 9.17) is 4.74 Å². The maximum absolute atomic E-state index is 12.4. The second-order valence-corrected chi connectivity index (χ2v) is 4.39. The molecule has 1 aliphatic rings. The van der Waals surface area contributed by atoms with Crippen LogP contribution in [-0.4, -0.2) is 24.4 Å². The van der Waals surface area contributed by atoms with Gasteiger partial charge in [-0.2, -0.15) is 0 Å². The minimum Gasteiger partial charge on any atom is -0.444 e. The van der Waals surface area contributed by atoms with Crippen LogP contribution in [0, 0.1) is 5.92 Å². The summed E-state index contributed by atoms with van der Waals surface area (Å²) in [6.45, 7) is 5.76. The Balaban J connectivity index is 2.11.